The van der Waals surface area contributed by atoms with Crippen LogP contribution in [-0.2, 0) is 0 Å². The van der Waals surface area contributed by atoms with Crippen LogP contribution in [0.3, 0.4) is 0 Å². The molecule has 5 nitrogen and oxygen atoms in total. The number of ether oxygens (including phenoxy) is 2. The van der Waals surface area contributed by atoms with Crippen LogP contribution >= 0.6 is 11.6 Å². The number of fused-ring (bicyclic) bond motifs is 1. The average molecular weight is 300 g/mol. The second-order valence-corrected chi connectivity index (χ2v) is 5.42. The van der Waals surface area contributed by atoms with Crippen molar-refractivity contribution < 1.29 is 19.4 Å². The third-order valence-electron chi connectivity index (χ3n) is 3.25. The van der Waals surface area contributed by atoms with Crippen LogP contribution < -0.4 is 14.8 Å². The zero-order valence-corrected chi connectivity index (χ0v) is 12.3. The van der Waals surface area contributed by atoms with Crippen LogP contribution in [0.4, 0.5) is 0 Å². The molecule has 0 saturated carbocycles. The lowest BCUT2D eigenvalue weighted by Crippen LogP contribution is -2.40. The predicted octanol–water partition coefficient (Wildman–Crippen LogP) is 2.00. The van der Waals surface area contributed by atoms with E-state index in [1.165, 1.54) is 6.07 Å². The number of rotatable bonds is 4. The molecule has 20 heavy (non-hydrogen) atoms. The summed E-state index contributed by atoms with van der Waals surface area (Å²) in [5.41, 5.74) is -0.543. The van der Waals surface area contributed by atoms with Crippen LogP contribution in [0.2, 0.25) is 5.02 Å². The Kier molecular flexibility index (Phi) is 4.40. The average Bonchev–Trinajstić information content (AvgIpc) is 2.45. The first kappa shape index (κ1) is 14.9. The van der Waals surface area contributed by atoms with Crippen molar-refractivity contribution in [2.75, 3.05) is 19.8 Å². The van der Waals surface area contributed by atoms with E-state index in [2.05, 4.69) is 5.32 Å². The Morgan fingerprint density at radius 3 is 2.85 bits per heavy atom. The minimum absolute atomic E-state index is 0.175. The van der Waals surface area contributed by atoms with E-state index < -0.39 is 5.60 Å². The molecule has 6 heteroatoms. The highest BCUT2D eigenvalue weighted by molar-refractivity contribution is 6.32. The van der Waals surface area contributed by atoms with Gasteiger partial charge in [0.05, 0.1) is 10.6 Å². The summed E-state index contributed by atoms with van der Waals surface area (Å²) < 4.78 is 10.8. The fourth-order valence-electron chi connectivity index (χ4n) is 1.74. The Labute approximate surface area is 122 Å². The summed E-state index contributed by atoms with van der Waals surface area (Å²) in [7, 11) is 0. The van der Waals surface area contributed by atoms with Crippen molar-refractivity contribution in [2.24, 2.45) is 0 Å². The molecule has 110 valence electrons. The first-order valence-electron chi connectivity index (χ1n) is 6.52. The molecule has 1 aliphatic heterocycles. The normalized spacial score (nSPS) is 16.4. The molecule has 0 aromatic heterocycles. The van der Waals surface area contributed by atoms with Gasteiger partial charge < -0.3 is 19.9 Å². The number of hydrogen-bond acceptors (Lipinski definition) is 4. The Bertz CT molecular complexity index is 516. The van der Waals surface area contributed by atoms with E-state index in [1.54, 1.807) is 13.0 Å². The second kappa shape index (κ2) is 5.89. The van der Waals surface area contributed by atoms with Gasteiger partial charge in [-0.2, -0.15) is 0 Å². The highest BCUT2D eigenvalue weighted by Gasteiger charge is 2.22. The van der Waals surface area contributed by atoms with Crippen LogP contribution in [0.1, 0.15) is 30.6 Å². The topological polar surface area (TPSA) is 67.8 Å². The third kappa shape index (κ3) is 3.35. The van der Waals surface area contributed by atoms with E-state index in [1.807, 2.05) is 6.92 Å². The smallest absolute Gasteiger partial charge is 0.251 e. The van der Waals surface area contributed by atoms with Crippen molar-refractivity contribution in [1.82, 2.24) is 5.32 Å². The minimum atomic E-state index is -0.923. The summed E-state index contributed by atoms with van der Waals surface area (Å²) in [4.78, 5) is 12.1. The summed E-state index contributed by atoms with van der Waals surface area (Å²) in [6.07, 6.45) is 0.551. The van der Waals surface area contributed by atoms with Gasteiger partial charge in [-0.05, 0) is 25.5 Å². The van der Waals surface area contributed by atoms with Crippen LogP contribution in [0.5, 0.6) is 11.5 Å². The van der Waals surface area contributed by atoms with Gasteiger partial charge in [-0.3, -0.25) is 4.79 Å². The summed E-state index contributed by atoms with van der Waals surface area (Å²) in [6.45, 7) is 4.57. The lowest BCUT2D eigenvalue weighted by molar-refractivity contribution is 0.0518. The van der Waals surface area contributed by atoms with Gasteiger partial charge >= 0.3 is 0 Å². The van der Waals surface area contributed by atoms with Crippen molar-refractivity contribution >= 4 is 17.5 Å². The summed E-state index contributed by atoms with van der Waals surface area (Å²) in [5, 5.41) is 12.9. The van der Waals surface area contributed by atoms with E-state index in [0.717, 1.165) is 0 Å². The number of hydrogen-bond donors (Lipinski definition) is 2. The van der Waals surface area contributed by atoms with E-state index >= 15 is 0 Å². The molecular formula is C14H18ClNO4. The molecule has 0 saturated heterocycles. The Morgan fingerprint density at radius 2 is 2.15 bits per heavy atom. The fraction of sp³-hybridized carbons (Fsp3) is 0.500. The summed E-state index contributed by atoms with van der Waals surface area (Å²) >= 11 is 6.07. The summed E-state index contributed by atoms with van der Waals surface area (Å²) in [6, 6.07) is 3.13. The molecule has 1 atom stereocenters. The van der Waals surface area contributed by atoms with E-state index in [4.69, 9.17) is 21.1 Å². The van der Waals surface area contributed by atoms with Gasteiger partial charge in [-0.15, -0.1) is 0 Å². The first-order chi connectivity index (χ1) is 9.43. The number of amides is 1. The van der Waals surface area contributed by atoms with Crippen LogP contribution in [-0.4, -0.2) is 36.4 Å². The number of aliphatic hydroxyl groups is 1. The maximum atomic E-state index is 12.1. The van der Waals surface area contributed by atoms with E-state index in [9.17, 15) is 9.90 Å². The second-order valence-electron chi connectivity index (χ2n) is 5.02. The molecular weight excluding hydrogens is 282 g/mol. The molecule has 1 unspecified atom stereocenters. The number of benzene rings is 1. The molecule has 0 spiro atoms. The van der Waals surface area contributed by atoms with Crippen molar-refractivity contribution in [3.05, 3.63) is 22.7 Å². The maximum absolute atomic E-state index is 12.1. The predicted molar refractivity (Wildman–Crippen MR) is 75.7 cm³/mol. The summed E-state index contributed by atoms with van der Waals surface area (Å²) in [5.74, 6) is 0.628. The van der Waals surface area contributed by atoms with Crippen molar-refractivity contribution in [3.63, 3.8) is 0 Å². The zero-order valence-electron chi connectivity index (χ0n) is 11.5. The number of halogens is 1. The third-order valence-corrected chi connectivity index (χ3v) is 3.53. The van der Waals surface area contributed by atoms with Crippen LogP contribution in [0.15, 0.2) is 12.1 Å². The van der Waals surface area contributed by atoms with Crippen molar-refractivity contribution in [3.8, 4) is 11.5 Å². The van der Waals surface area contributed by atoms with Gasteiger partial charge in [0.1, 0.15) is 13.2 Å². The van der Waals surface area contributed by atoms with Gasteiger partial charge in [-0.1, -0.05) is 18.5 Å². The highest BCUT2D eigenvalue weighted by Crippen LogP contribution is 2.38. The largest absolute Gasteiger partial charge is 0.486 e. The number of nitrogens with one attached hydrogen (secondary N) is 1. The first-order valence-corrected chi connectivity index (χ1v) is 6.90. The van der Waals surface area contributed by atoms with Gasteiger partial charge in [0, 0.05) is 12.1 Å². The maximum Gasteiger partial charge on any atom is 0.251 e. The molecule has 2 rings (SSSR count). The Balaban J connectivity index is 2.13. The quantitative estimate of drug-likeness (QED) is 0.892. The van der Waals surface area contributed by atoms with Gasteiger partial charge in [0.25, 0.3) is 5.91 Å². The molecule has 0 fully saturated rings. The molecule has 2 N–H and O–H groups in total. The number of carbonyl (C=O) groups is 1. The van der Waals surface area contributed by atoms with Gasteiger partial charge in [0.2, 0.25) is 0 Å². The van der Waals surface area contributed by atoms with Crippen LogP contribution in [0, 0.1) is 0 Å². The van der Waals surface area contributed by atoms with E-state index in [0.29, 0.717) is 41.7 Å². The van der Waals surface area contributed by atoms with Crippen molar-refractivity contribution in [2.45, 2.75) is 25.9 Å². The highest BCUT2D eigenvalue weighted by atomic mass is 35.5. The van der Waals surface area contributed by atoms with Gasteiger partial charge in [-0.25, -0.2) is 0 Å². The molecule has 0 aliphatic carbocycles. The van der Waals surface area contributed by atoms with Gasteiger partial charge in [0.15, 0.2) is 11.5 Å². The lowest BCUT2D eigenvalue weighted by Gasteiger charge is -2.22. The Hall–Kier alpha value is -1.46. The molecule has 0 radical (unpaired) electrons. The molecule has 1 aromatic carbocycles. The molecule has 1 heterocycles. The molecule has 1 aromatic rings. The van der Waals surface area contributed by atoms with Crippen LogP contribution in [0.25, 0.3) is 0 Å². The Morgan fingerprint density at radius 1 is 1.45 bits per heavy atom. The minimum Gasteiger partial charge on any atom is -0.486 e. The van der Waals surface area contributed by atoms with Crippen molar-refractivity contribution in [1.29, 1.82) is 0 Å². The lowest BCUT2D eigenvalue weighted by atomic mass is 10.0. The molecule has 0 bridgehead atoms. The fourth-order valence-corrected chi connectivity index (χ4v) is 2.00. The SMILES string of the molecule is CCC(C)(O)CNC(=O)c1cc(Cl)c2c(c1)OCCO2. The van der Waals surface area contributed by atoms with E-state index in [-0.39, 0.29) is 12.5 Å². The molecule has 1 aliphatic rings. The molecule has 1 amide bonds. The number of carbonyl (C=O) groups excluding carboxylic acids is 1. The monoisotopic (exact) mass is 299 g/mol. The standard InChI is InChI=1S/C14H18ClNO4/c1-3-14(2,18)8-16-13(17)9-6-10(15)12-11(7-9)19-4-5-20-12/h6-7,18H,3-5,8H2,1-2H3,(H,16,17). The zero-order chi connectivity index (χ0) is 14.8.